The van der Waals surface area contributed by atoms with Gasteiger partial charge in [-0.25, -0.2) is 0 Å². The Morgan fingerprint density at radius 3 is 2.69 bits per heavy atom. The molecule has 0 radical (unpaired) electrons. The Labute approximate surface area is 201 Å². The van der Waals surface area contributed by atoms with Gasteiger partial charge in [-0.05, 0) is 43.2 Å². The molecule has 1 fully saturated rings. The third-order valence-corrected chi connectivity index (χ3v) is 5.65. The number of para-hydroxylation sites is 1. The summed E-state index contributed by atoms with van der Waals surface area (Å²) < 4.78 is 47.9. The van der Waals surface area contributed by atoms with Gasteiger partial charge in [-0.3, -0.25) is 4.79 Å². The summed E-state index contributed by atoms with van der Waals surface area (Å²) in [5.41, 5.74) is 0.737. The number of likely N-dealkylation sites (tertiary alicyclic amines) is 1. The normalized spacial score (nSPS) is 16.0. The van der Waals surface area contributed by atoms with Crippen molar-refractivity contribution in [1.82, 2.24) is 30.0 Å². The smallest absolute Gasteiger partial charge is 0.405 e. The maximum Gasteiger partial charge on any atom is 0.573 e. The third-order valence-electron chi connectivity index (χ3n) is 5.42. The number of carbonyl (C=O) groups is 1. The number of ether oxygens (including phenoxy) is 1. The van der Waals surface area contributed by atoms with E-state index in [-0.39, 0.29) is 28.7 Å². The molecular weight excluding hydrogens is 489 g/mol. The Hall–Kier alpha value is -3.93. The Kier molecular flexibility index (Phi) is 5.89. The zero-order chi connectivity index (χ0) is 24.6. The molecule has 13 heteroatoms. The highest BCUT2D eigenvalue weighted by molar-refractivity contribution is 6.31. The van der Waals surface area contributed by atoms with Gasteiger partial charge in [0.15, 0.2) is 0 Å². The predicted molar refractivity (Wildman–Crippen MR) is 116 cm³/mol. The van der Waals surface area contributed by atoms with Gasteiger partial charge in [0.05, 0.1) is 29.2 Å². The monoisotopic (exact) mass is 504 g/mol. The van der Waals surface area contributed by atoms with Crippen LogP contribution in [-0.2, 0) is 0 Å². The van der Waals surface area contributed by atoms with Crippen LogP contribution in [0.5, 0.6) is 5.75 Å². The Morgan fingerprint density at radius 2 is 1.91 bits per heavy atom. The minimum absolute atomic E-state index is 0.0117. The molecule has 2 aromatic carbocycles. The van der Waals surface area contributed by atoms with E-state index in [2.05, 4.69) is 25.1 Å². The number of rotatable bonds is 5. The van der Waals surface area contributed by atoms with Crippen molar-refractivity contribution in [1.29, 1.82) is 0 Å². The van der Waals surface area contributed by atoms with E-state index in [4.69, 9.17) is 16.1 Å². The lowest BCUT2D eigenvalue weighted by Gasteiger charge is -2.23. The summed E-state index contributed by atoms with van der Waals surface area (Å²) in [7, 11) is 0. The molecule has 1 unspecified atom stereocenters. The molecule has 35 heavy (non-hydrogen) atoms. The standard InChI is InChI=1S/C22H16ClF3N6O3/c23-13-7-8-16(32-27-9-10-28-32)15(12-13)21(33)31-11-3-5-17(31)20-29-19(30-35-20)14-4-1-2-6-18(14)34-22(24,25)26/h1-2,4,6-10,12,17H,3,5,11H2. The molecule has 1 atom stereocenters. The van der Waals surface area contributed by atoms with Gasteiger partial charge in [-0.1, -0.05) is 28.9 Å². The lowest BCUT2D eigenvalue weighted by molar-refractivity contribution is -0.274. The maximum atomic E-state index is 13.6. The number of hydrogen-bond donors (Lipinski definition) is 0. The van der Waals surface area contributed by atoms with Gasteiger partial charge in [-0.2, -0.15) is 20.0 Å². The zero-order valence-corrected chi connectivity index (χ0v) is 18.6. The highest BCUT2D eigenvalue weighted by Crippen LogP contribution is 2.36. The molecular formula is C22H16ClF3N6O3. The average molecular weight is 505 g/mol. The summed E-state index contributed by atoms with van der Waals surface area (Å²) in [4.78, 5) is 20.7. The van der Waals surface area contributed by atoms with Crippen LogP contribution in [0.4, 0.5) is 13.2 Å². The zero-order valence-electron chi connectivity index (χ0n) is 17.8. The maximum absolute atomic E-state index is 13.6. The molecule has 5 rings (SSSR count). The molecule has 2 aromatic heterocycles. The van der Waals surface area contributed by atoms with Crippen molar-refractivity contribution in [2.24, 2.45) is 0 Å². The van der Waals surface area contributed by atoms with E-state index in [1.54, 1.807) is 17.0 Å². The van der Waals surface area contributed by atoms with Gasteiger partial charge in [-0.15, -0.1) is 13.2 Å². The van der Waals surface area contributed by atoms with E-state index < -0.39 is 18.2 Å². The van der Waals surface area contributed by atoms with Crippen molar-refractivity contribution in [3.05, 3.63) is 71.3 Å². The van der Waals surface area contributed by atoms with Gasteiger partial charge in [0.1, 0.15) is 11.8 Å². The summed E-state index contributed by atoms with van der Waals surface area (Å²) in [6.07, 6.45) is -0.707. The third kappa shape index (κ3) is 4.69. The van der Waals surface area contributed by atoms with Crippen LogP contribution in [0.15, 0.2) is 59.4 Å². The second-order valence-electron chi connectivity index (χ2n) is 7.64. The summed E-state index contributed by atoms with van der Waals surface area (Å²) in [5.74, 6) is -0.776. The van der Waals surface area contributed by atoms with Crippen molar-refractivity contribution >= 4 is 17.5 Å². The largest absolute Gasteiger partial charge is 0.573 e. The van der Waals surface area contributed by atoms with E-state index >= 15 is 0 Å². The number of benzene rings is 2. The minimum Gasteiger partial charge on any atom is -0.405 e. The molecule has 1 amide bonds. The first-order valence-corrected chi connectivity index (χ1v) is 10.8. The molecule has 0 aliphatic carbocycles. The van der Waals surface area contributed by atoms with E-state index in [1.807, 2.05) is 0 Å². The first kappa shape index (κ1) is 22.8. The first-order valence-electron chi connectivity index (χ1n) is 10.5. The topological polar surface area (TPSA) is 99.2 Å². The van der Waals surface area contributed by atoms with Crippen LogP contribution < -0.4 is 4.74 Å². The van der Waals surface area contributed by atoms with Crippen LogP contribution in [0.2, 0.25) is 5.02 Å². The number of aromatic nitrogens is 5. The molecule has 4 aromatic rings. The van der Waals surface area contributed by atoms with Crippen molar-refractivity contribution < 1.29 is 27.2 Å². The van der Waals surface area contributed by atoms with Crippen molar-refractivity contribution in [2.45, 2.75) is 25.2 Å². The summed E-state index contributed by atoms with van der Waals surface area (Å²) in [6.45, 7) is 0.410. The number of amides is 1. The van der Waals surface area contributed by atoms with E-state index in [0.717, 1.165) is 6.07 Å². The fraction of sp³-hybridized carbons (Fsp3) is 0.227. The molecule has 3 heterocycles. The number of carbonyl (C=O) groups excluding carboxylic acids is 1. The molecule has 1 aliphatic heterocycles. The molecule has 0 saturated carbocycles. The van der Waals surface area contributed by atoms with Crippen LogP contribution in [0.1, 0.15) is 35.1 Å². The highest BCUT2D eigenvalue weighted by atomic mass is 35.5. The van der Waals surface area contributed by atoms with E-state index in [9.17, 15) is 18.0 Å². The van der Waals surface area contributed by atoms with E-state index in [0.29, 0.717) is 30.1 Å². The van der Waals surface area contributed by atoms with Gasteiger partial charge >= 0.3 is 6.36 Å². The van der Waals surface area contributed by atoms with Crippen LogP contribution in [0.25, 0.3) is 17.1 Å². The van der Waals surface area contributed by atoms with Gasteiger partial charge in [0, 0.05) is 11.6 Å². The van der Waals surface area contributed by atoms with Crippen LogP contribution >= 0.6 is 11.6 Å². The van der Waals surface area contributed by atoms with Crippen LogP contribution in [0.3, 0.4) is 0 Å². The molecule has 0 N–H and O–H groups in total. The molecule has 1 saturated heterocycles. The van der Waals surface area contributed by atoms with Crippen molar-refractivity contribution in [2.75, 3.05) is 6.54 Å². The van der Waals surface area contributed by atoms with E-state index in [1.165, 1.54) is 41.5 Å². The molecule has 180 valence electrons. The SMILES string of the molecule is O=C(c1cc(Cl)ccc1-n1nccn1)N1CCCC1c1nc(-c2ccccc2OC(F)(F)F)no1. The van der Waals surface area contributed by atoms with Crippen LogP contribution in [-0.4, -0.2) is 48.8 Å². The molecule has 9 nitrogen and oxygen atoms in total. The highest BCUT2D eigenvalue weighted by Gasteiger charge is 2.37. The number of nitrogens with zero attached hydrogens (tertiary/aromatic N) is 6. The van der Waals surface area contributed by atoms with Gasteiger partial charge < -0.3 is 14.2 Å². The molecule has 1 aliphatic rings. The number of halogens is 4. The second kappa shape index (κ2) is 9.02. The summed E-state index contributed by atoms with van der Waals surface area (Å²) >= 11 is 6.16. The lowest BCUT2D eigenvalue weighted by Crippen LogP contribution is -2.31. The Balaban J connectivity index is 1.45. The summed E-state index contributed by atoms with van der Waals surface area (Å²) in [5, 5.41) is 12.4. The number of hydrogen-bond acceptors (Lipinski definition) is 7. The lowest BCUT2D eigenvalue weighted by atomic mass is 10.1. The minimum atomic E-state index is -4.88. The summed E-state index contributed by atoms with van der Waals surface area (Å²) in [6, 6.07) is 9.71. The predicted octanol–water partition coefficient (Wildman–Crippen LogP) is 4.85. The van der Waals surface area contributed by atoms with Gasteiger partial charge in [0.25, 0.3) is 5.91 Å². The molecule has 0 bridgehead atoms. The fourth-order valence-electron chi connectivity index (χ4n) is 3.96. The number of alkyl halides is 3. The quantitative estimate of drug-likeness (QED) is 0.383. The fourth-order valence-corrected chi connectivity index (χ4v) is 4.13. The van der Waals surface area contributed by atoms with Gasteiger partial charge in [0.2, 0.25) is 11.7 Å². The first-order chi connectivity index (χ1) is 16.8. The average Bonchev–Trinajstić information content (AvgIpc) is 3.59. The van der Waals surface area contributed by atoms with Crippen molar-refractivity contribution in [3.8, 4) is 22.8 Å². The Morgan fingerprint density at radius 1 is 1.14 bits per heavy atom. The second-order valence-corrected chi connectivity index (χ2v) is 8.07. The van der Waals surface area contributed by atoms with Crippen LogP contribution in [0, 0.1) is 0 Å². The molecule has 0 spiro atoms. The Bertz CT molecular complexity index is 1360. The van der Waals surface area contributed by atoms with Crippen molar-refractivity contribution in [3.63, 3.8) is 0 Å².